The van der Waals surface area contributed by atoms with Crippen LogP contribution >= 0.6 is 11.3 Å². The number of aliphatic hydroxyl groups is 1. The summed E-state index contributed by atoms with van der Waals surface area (Å²) in [5.41, 5.74) is 2.01. The molecule has 2 aromatic heterocycles. The minimum atomic E-state index is -0.244. The van der Waals surface area contributed by atoms with Gasteiger partial charge >= 0.3 is 0 Å². The number of hydrogen-bond acceptors (Lipinski definition) is 6. The van der Waals surface area contributed by atoms with Gasteiger partial charge in [0.05, 0.1) is 18.0 Å². The zero-order valence-corrected chi connectivity index (χ0v) is 14.6. The molecule has 4 aromatic rings. The molecule has 5 nitrogen and oxygen atoms in total. The van der Waals surface area contributed by atoms with Crippen LogP contribution in [-0.2, 0) is 0 Å². The van der Waals surface area contributed by atoms with Gasteiger partial charge in [-0.25, -0.2) is 9.97 Å². The van der Waals surface area contributed by atoms with Crippen LogP contribution in [0.25, 0.3) is 20.7 Å². The summed E-state index contributed by atoms with van der Waals surface area (Å²) in [6, 6.07) is 18.7. The molecular weight excluding hydrogens is 346 g/mol. The number of aromatic hydroxyl groups is 1. The van der Waals surface area contributed by atoms with E-state index in [2.05, 4.69) is 15.3 Å². The van der Waals surface area contributed by atoms with Crippen LogP contribution in [0.4, 0.5) is 5.82 Å². The maximum absolute atomic E-state index is 9.80. The molecular formula is C20H17N3O2S. The summed E-state index contributed by atoms with van der Waals surface area (Å²) in [6.45, 7) is -0.0372. The largest absolute Gasteiger partial charge is 0.508 e. The molecule has 0 unspecified atom stereocenters. The summed E-state index contributed by atoms with van der Waals surface area (Å²) in [7, 11) is 0. The molecule has 2 heterocycles. The lowest BCUT2D eigenvalue weighted by molar-refractivity contribution is 0.276. The van der Waals surface area contributed by atoms with Gasteiger partial charge in [0.1, 0.15) is 22.7 Å². The van der Waals surface area contributed by atoms with Gasteiger partial charge < -0.3 is 15.5 Å². The summed E-state index contributed by atoms with van der Waals surface area (Å²) in [5.74, 6) is 0.935. The first-order valence-electron chi connectivity index (χ1n) is 8.21. The molecule has 3 N–H and O–H groups in total. The van der Waals surface area contributed by atoms with Crippen molar-refractivity contribution in [3.63, 3.8) is 0 Å². The highest BCUT2D eigenvalue weighted by atomic mass is 32.1. The molecule has 0 bridgehead atoms. The highest BCUT2D eigenvalue weighted by Gasteiger charge is 2.15. The smallest absolute Gasteiger partial charge is 0.138 e. The summed E-state index contributed by atoms with van der Waals surface area (Å²) in [5, 5.41) is 23.5. The molecule has 0 saturated carbocycles. The standard InChI is InChI=1S/C20H17N3O2S/c24-11-17(13-4-2-1-3-5-13)23-19-16-10-18(26-20(16)22-12-21-19)14-6-8-15(25)9-7-14/h1-10,12,17,24-25H,11H2,(H,21,22,23)/t17-/m1/s1. The molecule has 1 atom stereocenters. The van der Waals surface area contributed by atoms with E-state index in [4.69, 9.17) is 0 Å². The number of nitrogens with one attached hydrogen (secondary N) is 1. The SMILES string of the molecule is OC[C@@H](Nc1ncnc2sc(-c3ccc(O)cc3)cc12)c1ccccc1. The van der Waals surface area contributed by atoms with Gasteiger partial charge in [-0.3, -0.25) is 0 Å². The number of phenols is 1. The molecule has 0 fully saturated rings. The number of thiophene rings is 1. The summed E-state index contributed by atoms with van der Waals surface area (Å²) < 4.78 is 0. The average Bonchev–Trinajstić information content (AvgIpc) is 3.12. The lowest BCUT2D eigenvalue weighted by Crippen LogP contribution is -2.15. The van der Waals surface area contributed by atoms with Crippen LogP contribution in [-0.4, -0.2) is 26.8 Å². The fourth-order valence-corrected chi connectivity index (χ4v) is 3.83. The summed E-state index contributed by atoms with van der Waals surface area (Å²) >= 11 is 1.57. The molecule has 0 aliphatic carbocycles. The van der Waals surface area contributed by atoms with Crippen molar-refractivity contribution < 1.29 is 10.2 Å². The predicted molar refractivity (Wildman–Crippen MR) is 104 cm³/mol. The minimum absolute atomic E-state index is 0.0372. The zero-order chi connectivity index (χ0) is 17.9. The van der Waals surface area contributed by atoms with Crippen LogP contribution in [0, 0.1) is 0 Å². The fourth-order valence-electron chi connectivity index (χ4n) is 2.82. The van der Waals surface area contributed by atoms with Gasteiger partial charge in [0.2, 0.25) is 0 Å². The van der Waals surface area contributed by atoms with Gasteiger partial charge in [0.15, 0.2) is 0 Å². The third-order valence-corrected chi connectivity index (χ3v) is 5.27. The van der Waals surface area contributed by atoms with Gasteiger partial charge in [-0.2, -0.15) is 0 Å². The second-order valence-electron chi connectivity index (χ2n) is 5.89. The minimum Gasteiger partial charge on any atom is -0.508 e. The van der Waals surface area contributed by atoms with Crippen molar-refractivity contribution in [2.45, 2.75) is 6.04 Å². The van der Waals surface area contributed by atoms with E-state index < -0.39 is 0 Å². The number of fused-ring (bicyclic) bond motifs is 1. The summed E-state index contributed by atoms with van der Waals surface area (Å²) in [4.78, 5) is 10.7. The molecule has 0 aliphatic heterocycles. The van der Waals surface area contributed by atoms with Crippen molar-refractivity contribution >= 4 is 27.4 Å². The Kier molecular flexibility index (Phi) is 4.51. The van der Waals surface area contributed by atoms with E-state index >= 15 is 0 Å². The van der Waals surface area contributed by atoms with Crippen molar-refractivity contribution in [3.05, 3.63) is 72.6 Å². The zero-order valence-electron chi connectivity index (χ0n) is 13.8. The first-order valence-corrected chi connectivity index (χ1v) is 9.02. The van der Waals surface area contributed by atoms with Crippen LogP contribution in [0.3, 0.4) is 0 Å². The van der Waals surface area contributed by atoms with Crippen molar-refractivity contribution in [1.82, 2.24) is 9.97 Å². The lowest BCUT2D eigenvalue weighted by Gasteiger charge is -2.17. The quantitative estimate of drug-likeness (QED) is 0.495. The monoisotopic (exact) mass is 363 g/mol. The van der Waals surface area contributed by atoms with E-state index in [-0.39, 0.29) is 18.4 Å². The molecule has 130 valence electrons. The normalized spacial score (nSPS) is 12.2. The maximum Gasteiger partial charge on any atom is 0.138 e. The number of hydrogen-bond donors (Lipinski definition) is 3. The Hall–Kier alpha value is -2.96. The van der Waals surface area contributed by atoms with Crippen molar-refractivity contribution in [2.24, 2.45) is 0 Å². The molecule has 0 amide bonds. The van der Waals surface area contributed by atoms with Crippen LogP contribution in [0.5, 0.6) is 5.75 Å². The first kappa shape index (κ1) is 16.5. The average molecular weight is 363 g/mol. The Balaban J connectivity index is 1.70. The van der Waals surface area contributed by atoms with Gasteiger partial charge in [0, 0.05) is 4.88 Å². The topological polar surface area (TPSA) is 78.3 Å². The molecule has 0 saturated heterocycles. The highest BCUT2D eigenvalue weighted by molar-refractivity contribution is 7.21. The van der Waals surface area contributed by atoms with Crippen LogP contribution in [0.15, 0.2) is 67.0 Å². The molecule has 26 heavy (non-hydrogen) atoms. The van der Waals surface area contributed by atoms with Crippen LogP contribution in [0.1, 0.15) is 11.6 Å². The number of rotatable bonds is 5. The molecule has 6 heteroatoms. The highest BCUT2D eigenvalue weighted by Crippen LogP contribution is 2.36. The molecule has 2 aromatic carbocycles. The third-order valence-electron chi connectivity index (χ3n) is 4.18. The number of aliphatic hydroxyl groups excluding tert-OH is 1. The number of benzene rings is 2. The van der Waals surface area contributed by atoms with Crippen LogP contribution < -0.4 is 5.32 Å². The number of aromatic nitrogens is 2. The number of anilines is 1. The second kappa shape index (κ2) is 7.11. The van der Waals surface area contributed by atoms with E-state index in [0.29, 0.717) is 5.82 Å². The van der Waals surface area contributed by atoms with Crippen molar-refractivity contribution in [3.8, 4) is 16.2 Å². The molecule has 4 rings (SSSR count). The van der Waals surface area contributed by atoms with E-state index in [9.17, 15) is 10.2 Å². The van der Waals surface area contributed by atoms with Gasteiger partial charge in [-0.1, -0.05) is 30.3 Å². The Labute approximate surface area is 154 Å². The van der Waals surface area contributed by atoms with E-state index in [1.165, 1.54) is 6.33 Å². The van der Waals surface area contributed by atoms with E-state index in [0.717, 1.165) is 26.2 Å². The molecule has 0 aliphatic rings. The Morgan fingerprint density at radius 3 is 2.50 bits per heavy atom. The van der Waals surface area contributed by atoms with Gasteiger partial charge in [-0.05, 0) is 41.5 Å². The third kappa shape index (κ3) is 3.24. The molecule has 0 spiro atoms. The number of phenolic OH excluding ortho intramolecular Hbond substituents is 1. The van der Waals surface area contributed by atoms with E-state index in [1.54, 1.807) is 23.5 Å². The maximum atomic E-state index is 9.80. The first-order chi connectivity index (χ1) is 12.7. The Morgan fingerprint density at radius 1 is 1.00 bits per heavy atom. The lowest BCUT2D eigenvalue weighted by atomic mass is 10.1. The van der Waals surface area contributed by atoms with E-state index in [1.807, 2.05) is 48.5 Å². The van der Waals surface area contributed by atoms with Crippen molar-refractivity contribution in [2.75, 3.05) is 11.9 Å². The fraction of sp³-hybridized carbons (Fsp3) is 0.100. The van der Waals surface area contributed by atoms with Crippen molar-refractivity contribution in [1.29, 1.82) is 0 Å². The van der Waals surface area contributed by atoms with Gasteiger partial charge in [0.25, 0.3) is 0 Å². The predicted octanol–water partition coefficient (Wildman–Crippen LogP) is 4.21. The second-order valence-corrected chi connectivity index (χ2v) is 6.92. The Bertz CT molecular complexity index is 1020. The summed E-state index contributed by atoms with van der Waals surface area (Å²) in [6.07, 6.45) is 1.53. The number of nitrogens with zero attached hydrogens (tertiary/aromatic N) is 2. The van der Waals surface area contributed by atoms with Crippen LogP contribution in [0.2, 0.25) is 0 Å². The Morgan fingerprint density at radius 2 is 1.77 bits per heavy atom. The van der Waals surface area contributed by atoms with Gasteiger partial charge in [-0.15, -0.1) is 11.3 Å². The molecule has 0 radical (unpaired) electrons.